The number of furan rings is 1. The number of hydrogen-bond acceptors (Lipinski definition) is 4. The lowest BCUT2D eigenvalue weighted by Crippen LogP contribution is -2.12. The summed E-state index contributed by atoms with van der Waals surface area (Å²) in [6.07, 6.45) is 7.81. The molecule has 0 aromatic carbocycles. The van der Waals surface area contributed by atoms with Gasteiger partial charge in [-0.3, -0.25) is 0 Å². The highest BCUT2D eigenvalue weighted by Gasteiger charge is 2.18. The fraction of sp³-hybridized carbons (Fsp3) is 0.385. The van der Waals surface area contributed by atoms with Crippen LogP contribution in [0, 0.1) is 0 Å². The van der Waals surface area contributed by atoms with E-state index in [2.05, 4.69) is 9.97 Å². The van der Waals surface area contributed by atoms with Crippen molar-refractivity contribution >= 4 is 0 Å². The molecule has 0 fully saturated rings. The first-order valence-electron chi connectivity index (χ1n) is 6.00. The zero-order valence-electron chi connectivity index (χ0n) is 9.60. The molecule has 0 radical (unpaired) electrons. The van der Waals surface area contributed by atoms with Gasteiger partial charge in [0.05, 0.1) is 6.26 Å². The Bertz CT molecular complexity index is 507. The third-order valence-corrected chi connectivity index (χ3v) is 3.22. The maximum atomic E-state index is 6.11. The number of nitrogens with two attached hydrogens (primary N) is 1. The van der Waals surface area contributed by atoms with Gasteiger partial charge in [-0.25, -0.2) is 9.97 Å². The zero-order chi connectivity index (χ0) is 11.7. The van der Waals surface area contributed by atoms with Gasteiger partial charge < -0.3 is 10.2 Å². The quantitative estimate of drug-likeness (QED) is 0.763. The summed E-state index contributed by atoms with van der Waals surface area (Å²) < 4.78 is 5.31. The summed E-state index contributed by atoms with van der Waals surface area (Å²) in [7, 11) is 0. The Balaban J connectivity index is 2.03. The maximum absolute atomic E-state index is 6.11. The maximum Gasteiger partial charge on any atom is 0.195 e. The zero-order valence-corrected chi connectivity index (χ0v) is 9.60. The van der Waals surface area contributed by atoms with E-state index >= 15 is 0 Å². The van der Waals surface area contributed by atoms with Crippen molar-refractivity contribution in [3.05, 3.63) is 35.9 Å². The van der Waals surface area contributed by atoms with Crippen molar-refractivity contribution < 1.29 is 4.42 Å². The predicted octanol–water partition coefficient (Wildman–Crippen LogP) is 2.46. The van der Waals surface area contributed by atoms with Crippen LogP contribution in [0.2, 0.25) is 0 Å². The van der Waals surface area contributed by atoms with Crippen LogP contribution >= 0.6 is 0 Å². The third kappa shape index (κ3) is 1.96. The molecule has 2 N–H and O–H groups in total. The lowest BCUT2D eigenvalue weighted by Gasteiger charge is -2.11. The van der Waals surface area contributed by atoms with Gasteiger partial charge in [0, 0.05) is 23.5 Å². The summed E-state index contributed by atoms with van der Waals surface area (Å²) in [6.45, 7) is 0. The van der Waals surface area contributed by atoms with E-state index in [1.165, 1.54) is 0 Å². The monoisotopic (exact) mass is 229 g/mol. The second-order valence-electron chi connectivity index (χ2n) is 4.43. The Morgan fingerprint density at radius 3 is 3.12 bits per heavy atom. The van der Waals surface area contributed by atoms with Crippen LogP contribution in [-0.4, -0.2) is 9.97 Å². The molecule has 3 rings (SSSR count). The largest absolute Gasteiger partial charge is 0.461 e. The number of nitrogens with zero attached hydrogens (tertiary/aromatic N) is 2. The molecule has 88 valence electrons. The van der Waals surface area contributed by atoms with E-state index in [1.54, 1.807) is 6.26 Å². The van der Waals surface area contributed by atoms with E-state index in [0.717, 1.165) is 36.9 Å². The average Bonchev–Trinajstić information content (AvgIpc) is 2.82. The summed E-state index contributed by atoms with van der Waals surface area (Å²) in [4.78, 5) is 8.92. The molecule has 4 heteroatoms. The fourth-order valence-corrected chi connectivity index (χ4v) is 2.27. The van der Waals surface area contributed by atoms with Gasteiger partial charge in [0.1, 0.15) is 0 Å². The number of aryl methyl sites for hydroxylation is 1. The van der Waals surface area contributed by atoms with Gasteiger partial charge >= 0.3 is 0 Å². The summed E-state index contributed by atoms with van der Waals surface area (Å²) in [6, 6.07) is 3.80. The highest BCUT2D eigenvalue weighted by molar-refractivity contribution is 5.47. The van der Waals surface area contributed by atoms with Crippen molar-refractivity contribution in [1.29, 1.82) is 0 Å². The van der Waals surface area contributed by atoms with E-state index in [9.17, 15) is 0 Å². The molecule has 1 atom stereocenters. The predicted molar refractivity (Wildman–Crippen MR) is 64.2 cm³/mol. The fourth-order valence-electron chi connectivity index (χ4n) is 2.27. The normalized spacial score (nSPS) is 19.7. The summed E-state index contributed by atoms with van der Waals surface area (Å²) >= 11 is 0. The first-order chi connectivity index (χ1) is 8.34. The van der Waals surface area contributed by atoms with E-state index in [4.69, 9.17) is 10.2 Å². The molecule has 0 saturated heterocycles. The van der Waals surface area contributed by atoms with Gasteiger partial charge in [-0.2, -0.15) is 0 Å². The van der Waals surface area contributed by atoms with Crippen LogP contribution in [0.5, 0.6) is 0 Å². The van der Waals surface area contributed by atoms with Crippen LogP contribution in [0.4, 0.5) is 0 Å². The molecule has 0 aliphatic heterocycles. The minimum Gasteiger partial charge on any atom is -0.461 e. The smallest absolute Gasteiger partial charge is 0.195 e. The molecule has 1 aliphatic rings. The van der Waals surface area contributed by atoms with Crippen molar-refractivity contribution in [2.75, 3.05) is 0 Å². The Hall–Kier alpha value is -1.68. The van der Waals surface area contributed by atoms with Crippen LogP contribution in [0.1, 0.15) is 36.6 Å². The van der Waals surface area contributed by atoms with E-state index in [-0.39, 0.29) is 6.04 Å². The van der Waals surface area contributed by atoms with Gasteiger partial charge in [-0.05, 0) is 31.4 Å². The first-order valence-corrected chi connectivity index (χ1v) is 6.00. The molecule has 0 bridgehead atoms. The van der Waals surface area contributed by atoms with E-state index in [1.807, 2.05) is 18.3 Å². The van der Waals surface area contributed by atoms with Crippen molar-refractivity contribution in [2.24, 2.45) is 5.73 Å². The van der Waals surface area contributed by atoms with Crippen LogP contribution in [0.3, 0.4) is 0 Å². The van der Waals surface area contributed by atoms with Gasteiger partial charge in [0.2, 0.25) is 0 Å². The minimum absolute atomic E-state index is 0.0816. The van der Waals surface area contributed by atoms with Gasteiger partial charge in [0.25, 0.3) is 0 Å². The number of aromatic nitrogens is 2. The summed E-state index contributed by atoms with van der Waals surface area (Å²) in [5, 5.41) is 0. The molecule has 0 amide bonds. The number of rotatable bonds is 1. The Morgan fingerprint density at radius 2 is 2.29 bits per heavy atom. The highest BCUT2D eigenvalue weighted by atomic mass is 16.3. The molecule has 4 nitrogen and oxygen atoms in total. The third-order valence-electron chi connectivity index (χ3n) is 3.22. The van der Waals surface area contributed by atoms with Crippen molar-refractivity contribution in [3.63, 3.8) is 0 Å². The molecule has 0 spiro atoms. The number of hydrogen-bond donors (Lipinski definition) is 1. The van der Waals surface area contributed by atoms with E-state index < -0.39 is 0 Å². The number of fused-ring (bicyclic) bond motifs is 1. The van der Waals surface area contributed by atoms with E-state index in [0.29, 0.717) is 11.6 Å². The van der Waals surface area contributed by atoms with Crippen molar-refractivity contribution in [3.8, 4) is 11.6 Å². The molecule has 2 aromatic heterocycles. The van der Waals surface area contributed by atoms with Gasteiger partial charge in [0.15, 0.2) is 11.6 Å². The molecular formula is C13H15N3O. The molecular weight excluding hydrogens is 214 g/mol. The van der Waals surface area contributed by atoms with Gasteiger partial charge in [-0.1, -0.05) is 6.42 Å². The average molecular weight is 229 g/mol. The Kier molecular flexibility index (Phi) is 2.65. The van der Waals surface area contributed by atoms with Gasteiger partial charge in [-0.15, -0.1) is 0 Å². The standard InChI is InChI=1S/C13H15N3O/c14-10-4-1-2-5-11-9(10)8-15-13(16-11)12-6-3-7-17-12/h3,6-8,10H,1-2,4-5,14H2. The topological polar surface area (TPSA) is 64.9 Å². The minimum atomic E-state index is 0.0816. The lowest BCUT2D eigenvalue weighted by molar-refractivity contribution is 0.576. The second-order valence-corrected chi connectivity index (χ2v) is 4.43. The summed E-state index contributed by atoms with van der Waals surface area (Å²) in [5.41, 5.74) is 8.29. The molecule has 17 heavy (non-hydrogen) atoms. The lowest BCUT2D eigenvalue weighted by atomic mass is 10.1. The molecule has 2 aromatic rings. The SMILES string of the molecule is NC1CCCCc2nc(-c3ccco3)ncc21. The Labute approximate surface area is 99.9 Å². The summed E-state index contributed by atoms with van der Waals surface area (Å²) in [5.74, 6) is 1.37. The second kappa shape index (κ2) is 4.30. The molecule has 1 unspecified atom stereocenters. The van der Waals surface area contributed by atoms with Crippen molar-refractivity contribution in [2.45, 2.75) is 31.7 Å². The molecule has 1 aliphatic carbocycles. The van der Waals surface area contributed by atoms with Crippen LogP contribution in [-0.2, 0) is 6.42 Å². The van der Waals surface area contributed by atoms with Crippen LogP contribution < -0.4 is 5.73 Å². The molecule has 0 saturated carbocycles. The van der Waals surface area contributed by atoms with Crippen LogP contribution in [0.25, 0.3) is 11.6 Å². The van der Waals surface area contributed by atoms with Crippen LogP contribution in [0.15, 0.2) is 29.0 Å². The Morgan fingerprint density at radius 1 is 1.35 bits per heavy atom. The van der Waals surface area contributed by atoms with Crippen molar-refractivity contribution in [1.82, 2.24) is 9.97 Å². The molecule has 2 heterocycles. The highest BCUT2D eigenvalue weighted by Crippen LogP contribution is 2.26. The first kappa shape index (κ1) is 10.5.